The molecule has 1 aromatic carbocycles. The minimum atomic E-state index is -1.25. The molecule has 2 rings (SSSR count). The van der Waals surface area contributed by atoms with E-state index in [9.17, 15) is 24.0 Å². The molecule has 1 fully saturated rings. The first-order valence-corrected chi connectivity index (χ1v) is 17.9. The summed E-state index contributed by atoms with van der Waals surface area (Å²) in [5, 5.41) is 27.7. The van der Waals surface area contributed by atoms with Crippen LogP contribution >= 0.6 is 0 Å². The lowest BCUT2D eigenvalue weighted by atomic mass is 9.82. The maximum Gasteiger partial charge on any atom is 0.243 e. The minimum Gasteiger partial charge on any atom is -0.390 e. The average molecular weight is 632 g/mol. The number of carbonyl (C=O) groups is 2. The quantitative estimate of drug-likeness (QED) is 0.173. The Bertz CT molecular complexity index is 1050. The van der Waals surface area contributed by atoms with Gasteiger partial charge in [0.15, 0.2) is 0 Å². The lowest BCUT2D eigenvalue weighted by Gasteiger charge is -2.33. The van der Waals surface area contributed by atoms with E-state index in [0.717, 1.165) is 31.2 Å². The van der Waals surface area contributed by atoms with Crippen LogP contribution in [0, 0.1) is 30.1 Å². The molecule has 1 aromatic rings. The molecular weight excluding hydrogens is 574 g/mol. The van der Waals surface area contributed by atoms with E-state index in [1.165, 1.54) is 6.42 Å². The summed E-state index contributed by atoms with van der Waals surface area (Å²) in [4.78, 5) is 29.4. The largest absolute Gasteiger partial charge is 0.390 e. The number of terminal acetylenes is 1. The number of amides is 2. The van der Waals surface area contributed by atoms with Crippen LogP contribution in [0.5, 0.6) is 0 Å². The van der Waals surface area contributed by atoms with E-state index in [0.29, 0.717) is 43.5 Å². The Kier molecular flexibility index (Phi) is 17.2. The second kappa shape index (κ2) is 20.0. The summed E-state index contributed by atoms with van der Waals surface area (Å²) in [6, 6.07) is 8.21. The Labute approximate surface area is 268 Å². The van der Waals surface area contributed by atoms with Crippen molar-refractivity contribution in [1.82, 2.24) is 15.5 Å². The second-order valence-electron chi connectivity index (χ2n) is 13.3. The highest BCUT2D eigenvalue weighted by Gasteiger charge is 2.34. The molecular formula is C35H57N3O5S. The van der Waals surface area contributed by atoms with Crippen LogP contribution < -0.4 is 10.6 Å². The predicted molar refractivity (Wildman–Crippen MR) is 179 cm³/mol. The Morgan fingerprint density at radius 3 is 2.30 bits per heavy atom. The third kappa shape index (κ3) is 13.8. The first-order chi connectivity index (χ1) is 20.9. The van der Waals surface area contributed by atoms with Crippen molar-refractivity contribution in [3.05, 3.63) is 35.9 Å². The van der Waals surface area contributed by atoms with Gasteiger partial charge in [0.1, 0.15) is 12.1 Å². The molecule has 1 aliphatic rings. The molecule has 0 saturated heterocycles. The van der Waals surface area contributed by atoms with Crippen molar-refractivity contribution in [2.24, 2.45) is 17.8 Å². The highest BCUT2D eigenvalue weighted by atomic mass is 32.2. The fraction of sp³-hybridized carbons (Fsp3) is 0.714. The van der Waals surface area contributed by atoms with Crippen LogP contribution in [0.15, 0.2) is 30.3 Å². The average Bonchev–Trinajstić information content (AvgIpc) is 2.99. The number of nitrogens with one attached hydrogen (secondary N) is 2. The fourth-order valence-corrected chi connectivity index (χ4v) is 7.17. The highest BCUT2D eigenvalue weighted by Crippen LogP contribution is 2.29. The summed E-state index contributed by atoms with van der Waals surface area (Å²) in [6.07, 6.45) is 10.3. The lowest BCUT2D eigenvalue weighted by molar-refractivity contribution is -0.132. The van der Waals surface area contributed by atoms with Gasteiger partial charge in [0.2, 0.25) is 11.8 Å². The number of rotatable bonds is 19. The summed E-state index contributed by atoms with van der Waals surface area (Å²) in [5.74, 6) is 2.17. The van der Waals surface area contributed by atoms with Crippen molar-refractivity contribution in [1.29, 1.82) is 0 Å². The smallest absolute Gasteiger partial charge is 0.243 e. The molecule has 0 aliphatic heterocycles. The van der Waals surface area contributed by atoms with Gasteiger partial charge in [0.25, 0.3) is 0 Å². The van der Waals surface area contributed by atoms with Crippen molar-refractivity contribution in [3.8, 4) is 12.3 Å². The van der Waals surface area contributed by atoms with Gasteiger partial charge in [-0.1, -0.05) is 76.3 Å². The van der Waals surface area contributed by atoms with Gasteiger partial charge in [-0.15, -0.1) is 12.3 Å². The van der Waals surface area contributed by atoms with Crippen LogP contribution in [0.1, 0.15) is 84.6 Å². The molecule has 248 valence electrons. The van der Waals surface area contributed by atoms with Crippen LogP contribution in [0.3, 0.4) is 0 Å². The Morgan fingerprint density at radius 2 is 1.70 bits per heavy atom. The molecule has 9 heteroatoms. The number of aliphatic hydroxyl groups excluding tert-OH is 2. The number of nitrogens with zero attached hydrogens (tertiary/aromatic N) is 1. The summed E-state index contributed by atoms with van der Waals surface area (Å²) in [6.45, 7) is 8.76. The maximum absolute atomic E-state index is 13.7. The Morgan fingerprint density at radius 1 is 1.05 bits per heavy atom. The molecule has 0 spiro atoms. The monoisotopic (exact) mass is 631 g/mol. The van der Waals surface area contributed by atoms with E-state index in [-0.39, 0.29) is 24.0 Å². The number of aliphatic hydroxyl groups is 2. The van der Waals surface area contributed by atoms with Crippen molar-refractivity contribution < 1.29 is 24.0 Å². The van der Waals surface area contributed by atoms with Gasteiger partial charge in [-0.05, 0) is 57.6 Å². The highest BCUT2D eigenvalue weighted by molar-refractivity contribution is 7.85. The first kappa shape index (κ1) is 37.9. The zero-order valence-corrected chi connectivity index (χ0v) is 28.4. The number of benzene rings is 1. The Balaban J connectivity index is 2.19. The zero-order valence-electron chi connectivity index (χ0n) is 27.5. The number of carbonyl (C=O) groups excluding carboxylic acids is 2. The topological polar surface area (TPSA) is 119 Å². The van der Waals surface area contributed by atoms with Gasteiger partial charge < -0.3 is 25.7 Å². The van der Waals surface area contributed by atoms with Crippen LogP contribution in [0.25, 0.3) is 0 Å². The summed E-state index contributed by atoms with van der Waals surface area (Å²) < 4.78 is 13.1. The van der Waals surface area contributed by atoms with E-state index in [1.54, 1.807) is 0 Å². The van der Waals surface area contributed by atoms with Crippen LogP contribution in [-0.2, 0) is 26.8 Å². The molecule has 2 amide bonds. The van der Waals surface area contributed by atoms with Crippen LogP contribution in [0.2, 0.25) is 0 Å². The van der Waals surface area contributed by atoms with Crippen molar-refractivity contribution in [2.45, 2.75) is 116 Å². The molecule has 4 unspecified atom stereocenters. The van der Waals surface area contributed by atoms with Gasteiger partial charge in [-0.2, -0.15) is 0 Å². The van der Waals surface area contributed by atoms with Gasteiger partial charge in [0, 0.05) is 41.3 Å². The SMILES string of the molecule is C#CC[C@H](NC(=O)C(Cc1ccccc1)CS(=O)CCN(C)C(C)C)C(=O)NC(CC1CCCCC1)[C@@H](O)C(O)CC(C)C. The molecule has 1 aliphatic carbocycles. The predicted octanol–water partition coefficient (Wildman–Crippen LogP) is 3.67. The second-order valence-corrected chi connectivity index (χ2v) is 14.9. The van der Waals surface area contributed by atoms with Gasteiger partial charge in [-0.25, -0.2) is 0 Å². The van der Waals surface area contributed by atoms with E-state index in [2.05, 4.69) is 35.3 Å². The van der Waals surface area contributed by atoms with Crippen LogP contribution in [-0.4, -0.2) is 86.6 Å². The normalized spacial score (nSPS) is 18.3. The third-order valence-electron chi connectivity index (χ3n) is 8.75. The lowest BCUT2D eigenvalue weighted by Crippen LogP contribution is -2.56. The molecule has 0 aromatic heterocycles. The standard InChI is InChI=1S/C35H57N3O5S/c1-7-14-30(35(42)37-31(23-28-17-12-9-13-18-28)33(40)32(39)21-25(2)3)36-34(41)29(22-27-15-10-8-11-16-27)24-44(43)20-19-38(6)26(4)5/h1,8,10-11,15-16,25-26,28-33,39-40H,9,12-14,17-24H2,2-6H3,(H,36,41)(H,37,42)/t29?,30-,31?,32?,33+,44?/m0/s1. The summed E-state index contributed by atoms with van der Waals surface area (Å²) >= 11 is 0. The molecule has 4 N–H and O–H groups in total. The van der Waals surface area contributed by atoms with E-state index in [1.807, 2.05) is 51.2 Å². The van der Waals surface area contributed by atoms with Gasteiger partial charge in [-0.3, -0.25) is 13.8 Å². The number of hydrogen-bond donors (Lipinski definition) is 4. The van der Waals surface area contributed by atoms with Gasteiger partial charge >= 0.3 is 0 Å². The molecule has 1 saturated carbocycles. The zero-order chi connectivity index (χ0) is 32.6. The summed E-state index contributed by atoms with van der Waals surface area (Å²) in [7, 11) is 0.740. The molecule has 0 bridgehead atoms. The minimum absolute atomic E-state index is 0.0291. The molecule has 8 nitrogen and oxygen atoms in total. The maximum atomic E-state index is 13.7. The van der Waals surface area contributed by atoms with Crippen molar-refractivity contribution >= 4 is 22.6 Å². The first-order valence-electron chi connectivity index (χ1n) is 16.4. The van der Waals surface area contributed by atoms with E-state index < -0.39 is 46.9 Å². The fourth-order valence-electron chi connectivity index (χ4n) is 5.79. The van der Waals surface area contributed by atoms with E-state index in [4.69, 9.17) is 6.42 Å². The molecule has 0 radical (unpaired) electrons. The van der Waals surface area contributed by atoms with Crippen LogP contribution in [0.4, 0.5) is 0 Å². The molecule has 0 heterocycles. The Hall–Kier alpha value is -2.25. The van der Waals surface area contributed by atoms with Crippen molar-refractivity contribution in [2.75, 3.05) is 25.1 Å². The number of hydrogen-bond acceptors (Lipinski definition) is 6. The third-order valence-corrected chi connectivity index (χ3v) is 10.2. The molecule has 6 atom stereocenters. The molecule has 44 heavy (non-hydrogen) atoms. The summed E-state index contributed by atoms with van der Waals surface area (Å²) in [5.41, 5.74) is 0.941. The van der Waals surface area contributed by atoms with Gasteiger partial charge in [0.05, 0.1) is 18.1 Å². The van der Waals surface area contributed by atoms with E-state index >= 15 is 0 Å². The van der Waals surface area contributed by atoms with Crippen molar-refractivity contribution in [3.63, 3.8) is 0 Å².